The standard InChI is InChI=1S/C26H31N3O5/c1-26(2,32)23(25(31)28-33)27-24(30)22-12-10-20(11-13-22)5-4-19-6-8-21(9-7-19)18-29-14-3-16-34-17-15-29/h6-13,23,32-33H,3,14-18H2,1-2H3,(H,27,30)(H,28,31)/t23-/m1/s1. The number of nitrogens with one attached hydrogen (secondary N) is 2. The first-order valence-electron chi connectivity index (χ1n) is 11.2. The predicted molar refractivity (Wildman–Crippen MR) is 127 cm³/mol. The molecule has 8 heteroatoms. The monoisotopic (exact) mass is 465 g/mol. The van der Waals surface area contributed by atoms with Gasteiger partial charge < -0.3 is 15.2 Å². The molecule has 2 aromatic carbocycles. The SMILES string of the molecule is CC(C)(O)[C@H](NC(=O)c1ccc(C#Cc2ccc(CN3CCCOCC3)cc2)cc1)C(=O)NO. The molecule has 4 N–H and O–H groups in total. The average molecular weight is 466 g/mol. The largest absolute Gasteiger partial charge is 0.388 e. The zero-order valence-corrected chi connectivity index (χ0v) is 19.5. The highest BCUT2D eigenvalue weighted by atomic mass is 16.5. The van der Waals surface area contributed by atoms with E-state index in [9.17, 15) is 14.7 Å². The van der Waals surface area contributed by atoms with E-state index >= 15 is 0 Å². The fourth-order valence-corrected chi connectivity index (χ4v) is 3.60. The van der Waals surface area contributed by atoms with Gasteiger partial charge in [0.05, 0.1) is 12.2 Å². The molecule has 8 nitrogen and oxygen atoms in total. The van der Waals surface area contributed by atoms with Crippen LogP contribution >= 0.6 is 0 Å². The van der Waals surface area contributed by atoms with Gasteiger partial charge in [-0.2, -0.15) is 0 Å². The second-order valence-electron chi connectivity index (χ2n) is 8.80. The Balaban J connectivity index is 1.60. The fraction of sp³-hybridized carbons (Fsp3) is 0.385. The first-order chi connectivity index (χ1) is 16.3. The Hall–Kier alpha value is -3.22. The number of hydrogen-bond donors (Lipinski definition) is 4. The summed E-state index contributed by atoms with van der Waals surface area (Å²) in [6.07, 6.45) is 1.06. The summed E-state index contributed by atoms with van der Waals surface area (Å²) >= 11 is 0. The molecule has 0 aliphatic carbocycles. The van der Waals surface area contributed by atoms with E-state index < -0.39 is 23.5 Å². The van der Waals surface area contributed by atoms with Crippen molar-refractivity contribution in [1.82, 2.24) is 15.7 Å². The lowest BCUT2D eigenvalue weighted by molar-refractivity contribution is -0.136. The highest BCUT2D eigenvalue weighted by Crippen LogP contribution is 2.12. The van der Waals surface area contributed by atoms with E-state index in [1.165, 1.54) is 24.9 Å². The number of rotatable bonds is 6. The molecule has 0 unspecified atom stereocenters. The van der Waals surface area contributed by atoms with Crippen molar-refractivity contribution < 1.29 is 24.6 Å². The molecular formula is C26H31N3O5. The number of amides is 2. The summed E-state index contributed by atoms with van der Waals surface area (Å²) in [6.45, 7) is 7.23. The molecule has 34 heavy (non-hydrogen) atoms. The van der Waals surface area contributed by atoms with E-state index in [0.29, 0.717) is 5.56 Å². The second kappa shape index (κ2) is 11.8. The highest BCUT2D eigenvalue weighted by molar-refractivity contribution is 5.97. The zero-order valence-electron chi connectivity index (χ0n) is 19.5. The molecule has 1 aliphatic rings. The molecule has 0 bridgehead atoms. The van der Waals surface area contributed by atoms with Crippen LogP contribution in [0.2, 0.25) is 0 Å². The Bertz CT molecular complexity index is 1030. The summed E-state index contributed by atoms with van der Waals surface area (Å²) < 4.78 is 5.50. The maximum Gasteiger partial charge on any atom is 0.268 e. The minimum atomic E-state index is -1.56. The number of carbonyl (C=O) groups excluding carboxylic acids is 2. The first kappa shape index (κ1) is 25.4. The van der Waals surface area contributed by atoms with Gasteiger partial charge in [-0.3, -0.25) is 19.7 Å². The van der Waals surface area contributed by atoms with Gasteiger partial charge >= 0.3 is 0 Å². The number of nitrogens with zero attached hydrogens (tertiary/aromatic N) is 1. The van der Waals surface area contributed by atoms with Gasteiger partial charge in [-0.15, -0.1) is 0 Å². The average Bonchev–Trinajstić information content (AvgIpc) is 3.09. The molecule has 1 heterocycles. The highest BCUT2D eigenvalue weighted by Gasteiger charge is 2.34. The first-order valence-corrected chi connectivity index (χ1v) is 11.2. The number of hydrogen-bond acceptors (Lipinski definition) is 6. The van der Waals surface area contributed by atoms with E-state index in [1.54, 1.807) is 24.3 Å². The Morgan fingerprint density at radius 2 is 1.65 bits per heavy atom. The molecule has 1 saturated heterocycles. The van der Waals surface area contributed by atoms with Crippen molar-refractivity contribution in [1.29, 1.82) is 0 Å². The maximum atomic E-state index is 12.5. The van der Waals surface area contributed by atoms with Crippen molar-refractivity contribution in [3.63, 3.8) is 0 Å². The Kier molecular flexibility index (Phi) is 8.79. The molecule has 180 valence electrons. The molecule has 0 radical (unpaired) electrons. The van der Waals surface area contributed by atoms with Gasteiger partial charge in [-0.05, 0) is 62.2 Å². The molecule has 1 fully saturated rings. The summed E-state index contributed by atoms with van der Waals surface area (Å²) in [5.74, 6) is 4.75. The molecule has 3 rings (SSSR count). The number of hydroxylamine groups is 1. The van der Waals surface area contributed by atoms with Crippen LogP contribution in [-0.4, -0.2) is 65.0 Å². The molecular weight excluding hydrogens is 434 g/mol. The van der Waals surface area contributed by atoms with E-state index in [-0.39, 0.29) is 0 Å². The van der Waals surface area contributed by atoms with Crippen LogP contribution in [0.1, 0.15) is 47.3 Å². The van der Waals surface area contributed by atoms with Crippen LogP contribution < -0.4 is 10.8 Å². The van der Waals surface area contributed by atoms with Crippen molar-refractivity contribution in [2.24, 2.45) is 0 Å². The van der Waals surface area contributed by atoms with Crippen LogP contribution in [0.15, 0.2) is 48.5 Å². The minimum absolute atomic E-state index is 0.300. The van der Waals surface area contributed by atoms with Crippen molar-refractivity contribution >= 4 is 11.8 Å². The number of aliphatic hydroxyl groups is 1. The van der Waals surface area contributed by atoms with Crippen molar-refractivity contribution in [3.8, 4) is 11.8 Å². The predicted octanol–water partition coefficient (Wildman–Crippen LogP) is 1.68. The number of carbonyl (C=O) groups is 2. The van der Waals surface area contributed by atoms with Crippen LogP contribution in [0.5, 0.6) is 0 Å². The third-order valence-corrected chi connectivity index (χ3v) is 5.53. The van der Waals surface area contributed by atoms with E-state index in [1.807, 2.05) is 12.1 Å². The lowest BCUT2D eigenvalue weighted by atomic mass is 9.97. The van der Waals surface area contributed by atoms with Gasteiger partial charge in [0.1, 0.15) is 6.04 Å². The summed E-state index contributed by atoms with van der Waals surface area (Å²) in [7, 11) is 0. The van der Waals surface area contributed by atoms with Crippen molar-refractivity contribution in [2.75, 3.05) is 26.3 Å². The summed E-state index contributed by atoms with van der Waals surface area (Å²) in [6, 6.07) is 13.5. The molecule has 1 aliphatic heterocycles. The number of ether oxygens (including phenoxy) is 1. The van der Waals surface area contributed by atoms with E-state index in [4.69, 9.17) is 9.94 Å². The minimum Gasteiger partial charge on any atom is -0.388 e. The third-order valence-electron chi connectivity index (χ3n) is 5.53. The Morgan fingerprint density at radius 3 is 2.24 bits per heavy atom. The third kappa shape index (κ3) is 7.40. The molecule has 0 saturated carbocycles. The normalized spacial score (nSPS) is 15.4. The Morgan fingerprint density at radius 1 is 1.03 bits per heavy atom. The van der Waals surface area contributed by atoms with Gasteiger partial charge in [0.2, 0.25) is 0 Å². The van der Waals surface area contributed by atoms with E-state index in [0.717, 1.165) is 50.4 Å². The lowest BCUT2D eigenvalue weighted by Gasteiger charge is -2.28. The second-order valence-corrected chi connectivity index (χ2v) is 8.80. The van der Waals surface area contributed by atoms with Crippen LogP contribution in [0.3, 0.4) is 0 Å². The molecule has 1 atom stereocenters. The van der Waals surface area contributed by atoms with Gasteiger partial charge in [-0.25, -0.2) is 5.48 Å². The molecule has 0 aromatic heterocycles. The van der Waals surface area contributed by atoms with Gasteiger partial charge in [-0.1, -0.05) is 24.0 Å². The molecule has 0 spiro atoms. The quantitative estimate of drug-likeness (QED) is 0.294. The Labute approximate surface area is 199 Å². The smallest absolute Gasteiger partial charge is 0.268 e. The topological polar surface area (TPSA) is 111 Å². The summed E-state index contributed by atoms with van der Waals surface area (Å²) in [4.78, 5) is 26.6. The summed E-state index contributed by atoms with van der Waals surface area (Å²) in [5, 5.41) is 21.4. The maximum absolute atomic E-state index is 12.5. The van der Waals surface area contributed by atoms with Gasteiger partial charge in [0, 0.05) is 42.9 Å². The zero-order chi connectivity index (χ0) is 24.6. The van der Waals surface area contributed by atoms with Crippen molar-refractivity contribution in [2.45, 2.75) is 38.5 Å². The van der Waals surface area contributed by atoms with Crippen molar-refractivity contribution in [3.05, 3.63) is 70.8 Å². The van der Waals surface area contributed by atoms with Crippen LogP contribution in [-0.2, 0) is 16.1 Å². The van der Waals surface area contributed by atoms with Gasteiger partial charge in [0.15, 0.2) is 0 Å². The van der Waals surface area contributed by atoms with Crippen LogP contribution in [0, 0.1) is 11.8 Å². The van der Waals surface area contributed by atoms with Crippen LogP contribution in [0.25, 0.3) is 0 Å². The molecule has 2 amide bonds. The van der Waals surface area contributed by atoms with E-state index in [2.05, 4.69) is 34.2 Å². The summed E-state index contributed by atoms with van der Waals surface area (Å²) in [5.41, 5.74) is 3.06. The van der Waals surface area contributed by atoms with Crippen LogP contribution in [0.4, 0.5) is 0 Å². The number of benzene rings is 2. The fourth-order valence-electron chi connectivity index (χ4n) is 3.60. The lowest BCUT2D eigenvalue weighted by Crippen LogP contribution is -2.57. The van der Waals surface area contributed by atoms with Gasteiger partial charge in [0.25, 0.3) is 11.8 Å². The molecule has 2 aromatic rings.